The highest BCUT2D eigenvalue weighted by atomic mass is 16.6. The lowest BCUT2D eigenvalue weighted by Gasteiger charge is -1.96. The molecule has 1 aromatic heterocycles. The first-order valence-corrected chi connectivity index (χ1v) is 3.15. The summed E-state index contributed by atoms with van der Waals surface area (Å²) in [7, 11) is 0. The molecule has 11 heavy (non-hydrogen) atoms. The molecule has 0 aliphatic rings. The molecule has 0 saturated heterocycles. The second-order valence-corrected chi connectivity index (χ2v) is 1.85. The van der Waals surface area contributed by atoms with Crippen LogP contribution in [0.25, 0.3) is 0 Å². The Balaban J connectivity index is 2.51. The van der Waals surface area contributed by atoms with Gasteiger partial charge < -0.3 is 14.3 Å². The number of hydrogen-bond acceptors (Lipinski definition) is 4. The smallest absolute Gasteiger partial charge is 0.284 e. The summed E-state index contributed by atoms with van der Waals surface area (Å²) < 4.78 is 9.70. The number of rotatable bonds is 4. The Morgan fingerprint density at radius 2 is 2.45 bits per heavy atom. The molecule has 4 nitrogen and oxygen atoms in total. The standard InChI is InChI=1S/C7H8O4/c8-3-4-10-7-2-1-6(5-9)11-7/h1-2,5,8H,3-4H2. The molecule has 0 aliphatic heterocycles. The third kappa shape index (κ3) is 2.09. The summed E-state index contributed by atoms with van der Waals surface area (Å²) >= 11 is 0. The Morgan fingerprint density at radius 3 is 3.00 bits per heavy atom. The number of hydrogen-bond donors (Lipinski definition) is 1. The highest BCUT2D eigenvalue weighted by Crippen LogP contribution is 2.13. The molecule has 0 bridgehead atoms. The molecule has 0 fully saturated rings. The Bertz CT molecular complexity index is 228. The highest BCUT2D eigenvalue weighted by molar-refractivity contribution is 5.70. The summed E-state index contributed by atoms with van der Waals surface area (Å²) in [6, 6.07) is 3.03. The highest BCUT2D eigenvalue weighted by Gasteiger charge is 1.99. The van der Waals surface area contributed by atoms with Gasteiger partial charge in [0.1, 0.15) is 6.61 Å². The van der Waals surface area contributed by atoms with Crippen LogP contribution >= 0.6 is 0 Å². The molecule has 0 radical (unpaired) electrons. The van der Waals surface area contributed by atoms with Gasteiger partial charge in [0.2, 0.25) is 0 Å². The number of carbonyl (C=O) groups excluding carboxylic acids is 1. The monoisotopic (exact) mass is 156 g/mol. The van der Waals surface area contributed by atoms with Gasteiger partial charge in [-0.25, -0.2) is 0 Å². The Hall–Kier alpha value is -1.29. The molecule has 0 amide bonds. The van der Waals surface area contributed by atoms with Crippen LogP contribution in [-0.4, -0.2) is 24.6 Å². The van der Waals surface area contributed by atoms with Crippen molar-refractivity contribution >= 4 is 6.29 Å². The zero-order chi connectivity index (χ0) is 8.10. The number of carbonyl (C=O) groups is 1. The van der Waals surface area contributed by atoms with Gasteiger partial charge in [-0.1, -0.05) is 0 Å². The maximum absolute atomic E-state index is 10.1. The van der Waals surface area contributed by atoms with Gasteiger partial charge in [0, 0.05) is 6.07 Å². The first kappa shape index (κ1) is 7.81. The van der Waals surface area contributed by atoms with Crippen molar-refractivity contribution in [3.05, 3.63) is 17.9 Å². The van der Waals surface area contributed by atoms with Gasteiger partial charge in [0.25, 0.3) is 5.95 Å². The molecule has 0 spiro atoms. The fraction of sp³-hybridized carbons (Fsp3) is 0.286. The maximum Gasteiger partial charge on any atom is 0.284 e. The quantitative estimate of drug-likeness (QED) is 0.643. The largest absolute Gasteiger partial charge is 0.463 e. The minimum Gasteiger partial charge on any atom is -0.463 e. The van der Waals surface area contributed by atoms with Crippen molar-refractivity contribution in [3.8, 4) is 5.95 Å². The van der Waals surface area contributed by atoms with Gasteiger partial charge >= 0.3 is 0 Å². The van der Waals surface area contributed by atoms with Gasteiger partial charge in [-0.2, -0.15) is 0 Å². The topological polar surface area (TPSA) is 59.7 Å². The molecule has 1 aromatic rings. The molecule has 1 rings (SSSR count). The third-order valence-corrected chi connectivity index (χ3v) is 1.05. The molecule has 1 N–H and O–H groups in total. The number of aliphatic hydroxyl groups excluding tert-OH is 1. The van der Waals surface area contributed by atoms with Gasteiger partial charge in [-0.3, -0.25) is 4.79 Å². The van der Waals surface area contributed by atoms with Crippen LogP contribution in [0.2, 0.25) is 0 Å². The summed E-state index contributed by atoms with van der Waals surface area (Å²) in [6.45, 7) is 0.100. The van der Waals surface area contributed by atoms with Crippen LogP contribution in [0.5, 0.6) is 5.95 Å². The van der Waals surface area contributed by atoms with Crippen LogP contribution in [0.15, 0.2) is 16.5 Å². The lowest BCUT2D eigenvalue weighted by Crippen LogP contribution is -2.00. The second-order valence-electron chi connectivity index (χ2n) is 1.85. The van der Waals surface area contributed by atoms with E-state index in [1.54, 1.807) is 0 Å². The van der Waals surface area contributed by atoms with Crippen molar-refractivity contribution in [2.75, 3.05) is 13.2 Å². The fourth-order valence-electron chi connectivity index (χ4n) is 0.622. The van der Waals surface area contributed by atoms with E-state index < -0.39 is 0 Å². The van der Waals surface area contributed by atoms with Crippen molar-refractivity contribution in [2.45, 2.75) is 0 Å². The van der Waals surface area contributed by atoms with Crippen molar-refractivity contribution in [1.82, 2.24) is 0 Å². The third-order valence-electron chi connectivity index (χ3n) is 1.05. The van der Waals surface area contributed by atoms with E-state index in [1.165, 1.54) is 12.1 Å². The van der Waals surface area contributed by atoms with E-state index in [0.717, 1.165) is 0 Å². The molecule has 4 heteroatoms. The molecule has 0 unspecified atom stereocenters. The number of aliphatic hydroxyl groups is 1. The zero-order valence-electron chi connectivity index (χ0n) is 5.82. The first-order valence-electron chi connectivity index (χ1n) is 3.15. The molecule has 0 saturated carbocycles. The van der Waals surface area contributed by atoms with E-state index in [2.05, 4.69) is 0 Å². The predicted octanol–water partition coefficient (Wildman–Crippen LogP) is 0.463. The van der Waals surface area contributed by atoms with Crippen molar-refractivity contribution in [3.63, 3.8) is 0 Å². The molecular formula is C7H8O4. The van der Waals surface area contributed by atoms with E-state index in [9.17, 15) is 4.79 Å². The molecular weight excluding hydrogens is 148 g/mol. The Labute approximate surface area is 63.4 Å². The van der Waals surface area contributed by atoms with E-state index in [4.69, 9.17) is 14.3 Å². The van der Waals surface area contributed by atoms with Gasteiger partial charge in [-0.05, 0) is 6.07 Å². The van der Waals surface area contributed by atoms with Crippen LogP contribution in [0.1, 0.15) is 10.6 Å². The van der Waals surface area contributed by atoms with Crippen molar-refractivity contribution < 1.29 is 19.1 Å². The molecule has 0 aromatic carbocycles. The van der Waals surface area contributed by atoms with Gasteiger partial charge in [0.05, 0.1) is 6.61 Å². The SMILES string of the molecule is O=Cc1ccc(OCCO)o1. The normalized spacial score (nSPS) is 9.55. The van der Waals surface area contributed by atoms with Gasteiger partial charge in [0.15, 0.2) is 12.0 Å². The van der Waals surface area contributed by atoms with Crippen LogP contribution in [0.3, 0.4) is 0 Å². The summed E-state index contributed by atoms with van der Waals surface area (Å²) in [5.74, 6) is 0.471. The predicted molar refractivity (Wildman–Crippen MR) is 36.7 cm³/mol. The molecule has 1 heterocycles. The van der Waals surface area contributed by atoms with Crippen molar-refractivity contribution in [2.24, 2.45) is 0 Å². The first-order chi connectivity index (χ1) is 5.36. The van der Waals surface area contributed by atoms with E-state index in [0.29, 0.717) is 6.29 Å². The minimum atomic E-state index is -0.0723. The zero-order valence-corrected chi connectivity index (χ0v) is 5.82. The average Bonchev–Trinajstić information content (AvgIpc) is 2.48. The molecule has 0 atom stereocenters. The van der Waals surface area contributed by atoms with Gasteiger partial charge in [-0.15, -0.1) is 0 Å². The lowest BCUT2D eigenvalue weighted by molar-refractivity contribution is 0.108. The van der Waals surface area contributed by atoms with Crippen LogP contribution in [0.4, 0.5) is 0 Å². The van der Waals surface area contributed by atoms with E-state index in [1.807, 2.05) is 0 Å². The summed E-state index contributed by atoms with van der Waals surface area (Å²) in [5.41, 5.74) is 0. The fourth-order valence-corrected chi connectivity index (χ4v) is 0.622. The van der Waals surface area contributed by atoms with Crippen LogP contribution < -0.4 is 4.74 Å². The lowest BCUT2D eigenvalue weighted by atomic mass is 10.5. The van der Waals surface area contributed by atoms with E-state index in [-0.39, 0.29) is 24.9 Å². The summed E-state index contributed by atoms with van der Waals surface area (Å²) in [4.78, 5) is 10.1. The summed E-state index contributed by atoms with van der Waals surface area (Å²) in [6.07, 6.45) is 0.589. The second kappa shape index (κ2) is 3.78. The minimum absolute atomic E-state index is 0.0723. The summed E-state index contributed by atoms with van der Waals surface area (Å²) in [5, 5.41) is 8.36. The maximum atomic E-state index is 10.1. The number of furan rings is 1. The average molecular weight is 156 g/mol. The number of aldehydes is 1. The Kier molecular flexibility index (Phi) is 2.68. The van der Waals surface area contributed by atoms with E-state index >= 15 is 0 Å². The van der Waals surface area contributed by atoms with Crippen LogP contribution in [0, 0.1) is 0 Å². The number of ether oxygens (including phenoxy) is 1. The van der Waals surface area contributed by atoms with Crippen molar-refractivity contribution in [1.29, 1.82) is 0 Å². The molecule has 60 valence electrons. The molecule has 0 aliphatic carbocycles. The van der Waals surface area contributed by atoms with Crippen LogP contribution in [-0.2, 0) is 0 Å². The Morgan fingerprint density at radius 1 is 1.64 bits per heavy atom.